The summed E-state index contributed by atoms with van der Waals surface area (Å²) in [5.74, 6) is -2.21. The molecule has 10 heavy (non-hydrogen) atoms. The molecule has 1 heterocycles. The minimum absolute atomic E-state index is 0.522. The van der Waals surface area contributed by atoms with Crippen LogP contribution in [0.25, 0.3) is 0 Å². The van der Waals surface area contributed by atoms with Gasteiger partial charge in [0.25, 0.3) is 5.12 Å². The minimum atomic E-state index is -1.35. The van der Waals surface area contributed by atoms with Crippen molar-refractivity contribution >= 4 is 28.8 Å². The Kier molecular flexibility index (Phi) is 1.73. The van der Waals surface area contributed by atoms with Crippen molar-refractivity contribution in [2.75, 3.05) is 0 Å². The van der Waals surface area contributed by atoms with E-state index in [0.717, 1.165) is 0 Å². The highest BCUT2D eigenvalue weighted by atomic mass is 32.2. The number of carbonyl (C=O) groups is 3. The van der Waals surface area contributed by atoms with E-state index in [4.69, 9.17) is 5.11 Å². The van der Waals surface area contributed by atoms with E-state index in [0.29, 0.717) is 11.9 Å². The van der Waals surface area contributed by atoms with Crippen LogP contribution in [0.5, 0.6) is 0 Å². The second-order valence-electron chi connectivity index (χ2n) is 1.64. The van der Waals surface area contributed by atoms with Gasteiger partial charge in [0.15, 0.2) is 6.04 Å². The second-order valence-corrected chi connectivity index (χ2v) is 2.45. The molecule has 1 aliphatic heterocycles. The van der Waals surface area contributed by atoms with Gasteiger partial charge >= 0.3 is 5.97 Å². The average Bonchev–Trinajstić information content (AvgIpc) is 2.14. The predicted octanol–water partition coefficient (Wildman–Crippen LogP) is -1.21. The summed E-state index contributed by atoms with van der Waals surface area (Å²) in [6.45, 7) is 0. The Hall–Kier alpha value is -0.880. The number of hydrogen-bond donors (Lipinski definition) is 2. The SMILES string of the molecule is O=C1SNC(C(=O)O)C1=O. The fraction of sp³-hybridized carbons (Fsp3) is 0.250. The van der Waals surface area contributed by atoms with Gasteiger partial charge in [-0.25, -0.2) is 9.52 Å². The van der Waals surface area contributed by atoms with E-state index in [1.165, 1.54) is 0 Å². The van der Waals surface area contributed by atoms with Crippen molar-refractivity contribution < 1.29 is 19.5 Å². The zero-order valence-corrected chi connectivity index (χ0v) is 5.47. The molecule has 1 aliphatic rings. The monoisotopic (exact) mass is 161 g/mol. The van der Waals surface area contributed by atoms with E-state index < -0.39 is 22.9 Å². The van der Waals surface area contributed by atoms with Gasteiger partial charge in [-0.15, -0.1) is 0 Å². The largest absolute Gasteiger partial charge is 0.480 e. The predicted molar refractivity (Wildman–Crippen MR) is 32.2 cm³/mol. The Morgan fingerprint density at radius 1 is 1.60 bits per heavy atom. The van der Waals surface area contributed by atoms with E-state index in [2.05, 4.69) is 4.72 Å². The summed E-state index contributed by atoms with van der Waals surface area (Å²) in [6.07, 6.45) is 0. The molecule has 0 saturated carbocycles. The van der Waals surface area contributed by atoms with Crippen molar-refractivity contribution in [2.24, 2.45) is 0 Å². The summed E-state index contributed by atoms with van der Waals surface area (Å²) < 4.78 is 2.17. The van der Waals surface area contributed by atoms with Gasteiger partial charge in [0.2, 0.25) is 5.78 Å². The maximum Gasteiger partial charge on any atom is 0.329 e. The molecule has 1 saturated heterocycles. The van der Waals surface area contributed by atoms with Crippen molar-refractivity contribution in [3.63, 3.8) is 0 Å². The highest BCUT2D eigenvalue weighted by Crippen LogP contribution is 2.10. The molecule has 1 rings (SSSR count). The Labute approximate surface area is 59.9 Å². The highest BCUT2D eigenvalue weighted by Gasteiger charge is 2.38. The molecule has 0 aromatic carbocycles. The topological polar surface area (TPSA) is 83.5 Å². The van der Waals surface area contributed by atoms with E-state index in [1.54, 1.807) is 0 Å². The van der Waals surface area contributed by atoms with Crippen LogP contribution in [0, 0.1) is 0 Å². The second kappa shape index (κ2) is 2.39. The Bertz CT molecular complexity index is 213. The molecule has 0 bridgehead atoms. The molecule has 1 unspecified atom stereocenters. The standard InChI is InChI=1S/C4H3NO4S/c6-2-1(3(7)8)5-10-4(2)9/h1,5H,(H,7,8). The first kappa shape index (κ1) is 7.23. The molecular formula is C4H3NO4S. The van der Waals surface area contributed by atoms with Crippen LogP contribution in [-0.2, 0) is 14.4 Å². The van der Waals surface area contributed by atoms with Gasteiger partial charge in [0.05, 0.1) is 0 Å². The third-order valence-electron chi connectivity index (χ3n) is 0.980. The van der Waals surface area contributed by atoms with Crippen molar-refractivity contribution in [1.82, 2.24) is 4.72 Å². The van der Waals surface area contributed by atoms with Crippen molar-refractivity contribution in [2.45, 2.75) is 6.04 Å². The lowest BCUT2D eigenvalue weighted by atomic mass is 10.2. The van der Waals surface area contributed by atoms with Gasteiger partial charge in [0, 0.05) is 11.9 Å². The van der Waals surface area contributed by atoms with Crippen molar-refractivity contribution in [3.8, 4) is 0 Å². The minimum Gasteiger partial charge on any atom is -0.480 e. The first-order chi connectivity index (χ1) is 4.63. The smallest absolute Gasteiger partial charge is 0.329 e. The molecular weight excluding hydrogens is 158 g/mol. The van der Waals surface area contributed by atoms with Crippen LogP contribution in [0.4, 0.5) is 0 Å². The molecule has 2 N–H and O–H groups in total. The number of hydrogen-bond acceptors (Lipinski definition) is 5. The molecule has 0 aromatic rings. The Morgan fingerprint density at radius 2 is 2.20 bits per heavy atom. The molecule has 0 spiro atoms. The fourth-order valence-corrected chi connectivity index (χ4v) is 1.15. The molecule has 0 radical (unpaired) electrons. The highest BCUT2D eigenvalue weighted by molar-refractivity contribution is 8.14. The summed E-state index contributed by atoms with van der Waals surface area (Å²) in [6, 6.07) is -1.35. The molecule has 1 fully saturated rings. The summed E-state index contributed by atoms with van der Waals surface area (Å²) >= 11 is 0.522. The summed E-state index contributed by atoms with van der Waals surface area (Å²) in [7, 11) is 0. The molecule has 1 atom stereocenters. The lowest BCUT2D eigenvalue weighted by Crippen LogP contribution is -2.35. The Morgan fingerprint density at radius 3 is 2.40 bits per heavy atom. The van der Waals surface area contributed by atoms with Gasteiger partial charge in [-0.1, -0.05) is 0 Å². The van der Waals surface area contributed by atoms with Gasteiger partial charge in [-0.05, 0) is 0 Å². The van der Waals surface area contributed by atoms with E-state index in [1.807, 2.05) is 0 Å². The lowest BCUT2D eigenvalue weighted by molar-refractivity contribution is -0.144. The number of carboxylic acids is 1. The van der Waals surface area contributed by atoms with Crippen LogP contribution in [0.15, 0.2) is 0 Å². The van der Waals surface area contributed by atoms with Gasteiger partial charge in [-0.3, -0.25) is 9.59 Å². The normalized spacial score (nSPS) is 25.4. The summed E-state index contributed by atoms with van der Waals surface area (Å²) in [5, 5.41) is 7.51. The zero-order chi connectivity index (χ0) is 7.72. The number of rotatable bonds is 1. The Balaban J connectivity index is 2.76. The van der Waals surface area contributed by atoms with Crippen LogP contribution < -0.4 is 4.72 Å². The average molecular weight is 161 g/mol. The van der Waals surface area contributed by atoms with Crippen LogP contribution in [0.3, 0.4) is 0 Å². The number of ketones is 1. The summed E-state index contributed by atoms with van der Waals surface area (Å²) in [4.78, 5) is 31.0. The number of carbonyl (C=O) groups excluding carboxylic acids is 2. The first-order valence-corrected chi connectivity index (χ1v) is 3.18. The van der Waals surface area contributed by atoms with Crippen LogP contribution >= 0.6 is 11.9 Å². The number of carboxylic acid groups (broad SMARTS) is 1. The van der Waals surface area contributed by atoms with E-state index in [9.17, 15) is 14.4 Å². The van der Waals surface area contributed by atoms with Crippen LogP contribution in [0.2, 0.25) is 0 Å². The van der Waals surface area contributed by atoms with E-state index in [-0.39, 0.29) is 0 Å². The number of Topliss-reactive ketones (excluding diaryl/α,β-unsaturated/α-hetero) is 1. The van der Waals surface area contributed by atoms with Crippen molar-refractivity contribution in [3.05, 3.63) is 0 Å². The van der Waals surface area contributed by atoms with Gasteiger partial charge < -0.3 is 5.11 Å². The molecule has 6 heteroatoms. The van der Waals surface area contributed by atoms with Crippen molar-refractivity contribution in [1.29, 1.82) is 0 Å². The first-order valence-electron chi connectivity index (χ1n) is 2.36. The summed E-state index contributed by atoms with van der Waals surface area (Å²) in [5.41, 5.74) is 0. The molecule has 5 nitrogen and oxygen atoms in total. The molecule has 0 aromatic heterocycles. The lowest BCUT2D eigenvalue weighted by Gasteiger charge is -1.95. The van der Waals surface area contributed by atoms with Gasteiger partial charge in [-0.2, -0.15) is 0 Å². The molecule has 54 valence electrons. The van der Waals surface area contributed by atoms with Crippen LogP contribution in [0.1, 0.15) is 0 Å². The van der Waals surface area contributed by atoms with E-state index >= 15 is 0 Å². The molecule has 0 aliphatic carbocycles. The maximum atomic E-state index is 10.5. The zero-order valence-electron chi connectivity index (χ0n) is 4.66. The van der Waals surface area contributed by atoms with Crippen LogP contribution in [-0.4, -0.2) is 28.0 Å². The van der Waals surface area contributed by atoms with Gasteiger partial charge in [0.1, 0.15) is 0 Å². The number of nitrogens with one attached hydrogen (secondary N) is 1. The molecule has 0 amide bonds. The third-order valence-corrected chi connectivity index (χ3v) is 1.72. The number of aliphatic carboxylic acids is 1. The maximum absolute atomic E-state index is 10.5. The quantitative estimate of drug-likeness (QED) is 0.285. The third kappa shape index (κ3) is 1.03. The fourth-order valence-electron chi connectivity index (χ4n) is 0.497.